The molecule has 0 amide bonds. The molecular formula is C13H20N4O2S. The van der Waals surface area contributed by atoms with Gasteiger partial charge >= 0.3 is 0 Å². The zero-order valence-electron chi connectivity index (χ0n) is 11.5. The number of hydroxylamine groups is 3. The van der Waals surface area contributed by atoms with Crippen LogP contribution >= 0.6 is 11.8 Å². The van der Waals surface area contributed by atoms with Gasteiger partial charge in [-0.3, -0.25) is 5.32 Å². The van der Waals surface area contributed by atoms with Gasteiger partial charge in [0.2, 0.25) is 5.50 Å². The topological polar surface area (TPSA) is 80.5 Å². The molecule has 2 saturated heterocycles. The van der Waals surface area contributed by atoms with Crippen molar-refractivity contribution in [1.29, 1.82) is 0 Å². The van der Waals surface area contributed by atoms with E-state index in [-0.39, 0.29) is 15.9 Å². The molecule has 2 unspecified atom stereocenters. The van der Waals surface area contributed by atoms with Crippen LogP contribution in [0.25, 0.3) is 0 Å². The van der Waals surface area contributed by atoms with Gasteiger partial charge in [0.15, 0.2) is 0 Å². The molecule has 6 nitrogen and oxygen atoms in total. The summed E-state index contributed by atoms with van der Waals surface area (Å²) in [7, 11) is 1.92. The number of benzene rings is 1. The summed E-state index contributed by atoms with van der Waals surface area (Å²) in [6, 6.07) is 5.26. The first-order chi connectivity index (χ1) is 9.60. The number of phenolic OH excluding ortho intramolecular Hbond substituents is 1. The van der Waals surface area contributed by atoms with Crippen LogP contribution < -0.4 is 15.5 Å². The lowest BCUT2D eigenvalue weighted by Gasteiger charge is -2.44. The van der Waals surface area contributed by atoms with E-state index < -0.39 is 0 Å². The fourth-order valence-electron chi connectivity index (χ4n) is 2.41. The van der Waals surface area contributed by atoms with Crippen molar-refractivity contribution in [1.82, 2.24) is 10.6 Å². The van der Waals surface area contributed by atoms with E-state index in [1.165, 1.54) is 13.1 Å². The molecule has 3 aliphatic rings. The Labute approximate surface area is 122 Å². The molecule has 0 radical (unpaired) electrons. The molecule has 0 spiro atoms. The van der Waals surface area contributed by atoms with Crippen LogP contribution in [0.5, 0.6) is 5.75 Å². The Balaban J connectivity index is 0.000000358. The van der Waals surface area contributed by atoms with Gasteiger partial charge in [0.1, 0.15) is 12.4 Å². The van der Waals surface area contributed by atoms with Gasteiger partial charge in [-0.2, -0.15) is 0 Å². The summed E-state index contributed by atoms with van der Waals surface area (Å²) >= 11 is 1.58. The van der Waals surface area contributed by atoms with Crippen molar-refractivity contribution in [3.63, 3.8) is 0 Å². The van der Waals surface area contributed by atoms with Gasteiger partial charge in [0.25, 0.3) is 0 Å². The van der Waals surface area contributed by atoms with Gasteiger partial charge in [0.05, 0.1) is 18.8 Å². The second-order valence-electron chi connectivity index (χ2n) is 5.29. The van der Waals surface area contributed by atoms with Gasteiger partial charge < -0.3 is 25.2 Å². The lowest BCUT2D eigenvalue weighted by molar-refractivity contribution is -0.877. The van der Waals surface area contributed by atoms with Crippen molar-refractivity contribution in [2.24, 2.45) is 0 Å². The van der Waals surface area contributed by atoms with E-state index in [1.54, 1.807) is 23.9 Å². The zero-order chi connectivity index (χ0) is 14.2. The minimum atomic E-state index is -0.239. The van der Waals surface area contributed by atoms with Crippen LogP contribution in [0.1, 0.15) is 0 Å². The van der Waals surface area contributed by atoms with Crippen LogP contribution in [0.3, 0.4) is 0 Å². The number of aromatic hydroxyl groups is 1. The molecule has 0 aromatic heterocycles. The van der Waals surface area contributed by atoms with Crippen molar-refractivity contribution < 1.29 is 9.75 Å². The number of phenols is 1. The third kappa shape index (κ3) is 2.72. The summed E-state index contributed by atoms with van der Waals surface area (Å²) in [4.78, 5) is 3.04. The van der Waals surface area contributed by atoms with Crippen molar-refractivity contribution >= 4 is 17.4 Å². The van der Waals surface area contributed by atoms with Crippen LogP contribution in [-0.2, 0) is 0 Å². The molecule has 2 atom stereocenters. The maximum absolute atomic E-state index is 12.6. The predicted molar refractivity (Wildman–Crippen MR) is 80.4 cm³/mol. The standard InChI is InChI=1S/C11H15N3O2S.C2H5N/c1-13-9-6-8(15)2-3-10(9)17-11(13)14(16)5-4-12-7-14;1-2-3-1/h2-3,6,11-12,15H,4-5,7H2,1H3;3H,1-2H2. The molecule has 0 aliphatic carbocycles. The Kier molecular flexibility index (Phi) is 3.78. The Morgan fingerprint density at radius 1 is 1.35 bits per heavy atom. The number of thioether (sulfide) groups is 1. The summed E-state index contributed by atoms with van der Waals surface area (Å²) in [5, 5.41) is 28.2. The molecule has 1 aromatic carbocycles. The van der Waals surface area contributed by atoms with Gasteiger partial charge in [-0.05, 0) is 23.9 Å². The van der Waals surface area contributed by atoms with Gasteiger partial charge in [-0.1, -0.05) is 0 Å². The molecule has 7 heteroatoms. The first-order valence-corrected chi connectivity index (χ1v) is 7.70. The van der Waals surface area contributed by atoms with Crippen LogP contribution in [0.4, 0.5) is 5.69 Å². The van der Waals surface area contributed by atoms with Gasteiger partial charge in [0, 0.05) is 31.1 Å². The van der Waals surface area contributed by atoms with E-state index in [0.717, 1.165) is 17.1 Å². The number of anilines is 1. The number of hydrogen-bond donors (Lipinski definition) is 3. The van der Waals surface area contributed by atoms with Gasteiger partial charge in [-0.25, -0.2) is 0 Å². The van der Waals surface area contributed by atoms with Crippen molar-refractivity contribution in [2.45, 2.75) is 10.4 Å². The molecule has 2 fully saturated rings. The summed E-state index contributed by atoms with van der Waals surface area (Å²) < 4.78 is -0.239. The van der Waals surface area contributed by atoms with Crippen molar-refractivity contribution in [3.8, 4) is 5.75 Å². The van der Waals surface area contributed by atoms with E-state index in [2.05, 4.69) is 10.6 Å². The fraction of sp³-hybridized carbons (Fsp3) is 0.538. The summed E-state index contributed by atoms with van der Waals surface area (Å²) in [5.74, 6) is 0.244. The molecule has 4 rings (SSSR count). The number of fused-ring (bicyclic) bond motifs is 1. The molecule has 1 aromatic rings. The van der Waals surface area contributed by atoms with Crippen molar-refractivity contribution in [3.05, 3.63) is 23.4 Å². The normalized spacial score (nSPS) is 30.7. The molecule has 20 heavy (non-hydrogen) atoms. The SMILES string of the molecule is C1CN1.CN1c2cc(O)ccc2SC1[N+]1([O-])CCNC1. The number of quaternary nitrogens is 1. The van der Waals surface area contributed by atoms with Crippen LogP contribution in [0.15, 0.2) is 23.1 Å². The zero-order valence-corrected chi connectivity index (χ0v) is 12.3. The van der Waals surface area contributed by atoms with E-state index in [1.807, 2.05) is 18.0 Å². The fourth-order valence-corrected chi connectivity index (χ4v) is 3.75. The van der Waals surface area contributed by atoms with E-state index >= 15 is 0 Å². The molecule has 0 saturated carbocycles. The quantitative estimate of drug-likeness (QED) is 0.402. The number of hydrogen-bond acceptors (Lipinski definition) is 6. The molecular weight excluding hydrogens is 276 g/mol. The van der Waals surface area contributed by atoms with Crippen molar-refractivity contribution in [2.75, 3.05) is 44.8 Å². The van der Waals surface area contributed by atoms with E-state index in [4.69, 9.17) is 0 Å². The lowest BCUT2D eigenvalue weighted by atomic mass is 10.3. The summed E-state index contributed by atoms with van der Waals surface area (Å²) in [6.07, 6.45) is 0. The van der Waals surface area contributed by atoms with Gasteiger partial charge in [-0.15, -0.1) is 0 Å². The highest BCUT2D eigenvalue weighted by atomic mass is 32.2. The Morgan fingerprint density at radius 3 is 2.70 bits per heavy atom. The maximum Gasteiger partial charge on any atom is 0.218 e. The number of rotatable bonds is 1. The number of nitrogens with zero attached hydrogens (tertiary/aromatic N) is 2. The highest BCUT2D eigenvalue weighted by molar-refractivity contribution is 8.00. The Bertz CT molecular complexity index is 489. The molecule has 3 aliphatic heterocycles. The average molecular weight is 296 g/mol. The first-order valence-electron chi connectivity index (χ1n) is 6.82. The molecule has 0 bridgehead atoms. The second-order valence-corrected chi connectivity index (χ2v) is 6.39. The average Bonchev–Trinajstić information content (AvgIpc) is 3.20. The monoisotopic (exact) mass is 296 g/mol. The highest BCUT2D eigenvalue weighted by Gasteiger charge is 2.41. The summed E-state index contributed by atoms with van der Waals surface area (Å²) in [6.45, 7) is 4.33. The Hall–Kier alpha value is -0.990. The van der Waals surface area contributed by atoms with Crippen LogP contribution in [-0.4, -0.2) is 55.1 Å². The Morgan fingerprint density at radius 2 is 2.10 bits per heavy atom. The summed E-state index contributed by atoms with van der Waals surface area (Å²) in [5.41, 5.74) is 0.794. The predicted octanol–water partition coefficient (Wildman–Crippen LogP) is 0.683. The third-order valence-electron chi connectivity index (χ3n) is 3.59. The highest BCUT2D eigenvalue weighted by Crippen LogP contribution is 2.47. The minimum absolute atomic E-state index is 0.151. The first kappa shape index (κ1) is 14.0. The minimum Gasteiger partial charge on any atom is -0.630 e. The van der Waals surface area contributed by atoms with Crippen LogP contribution in [0, 0.1) is 5.21 Å². The van der Waals surface area contributed by atoms with E-state index in [9.17, 15) is 10.3 Å². The smallest absolute Gasteiger partial charge is 0.218 e. The third-order valence-corrected chi connectivity index (χ3v) is 5.10. The molecule has 3 heterocycles. The second kappa shape index (κ2) is 5.42. The van der Waals surface area contributed by atoms with Crippen LogP contribution in [0.2, 0.25) is 0 Å². The van der Waals surface area contributed by atoms with E-state index in [0.29, 0.717) is 13.2 Å². The maximum atomic E-state index is 12.6. The molecule has 110 valence electrons. The molecule has 3 N–H and O–H groups in total. The largest absolute Gasteiger partial charge is 0.630 e. The lowest BCUT2D eigenvalue weighted by Crippen LogP contribution is -2.53. The number of nitrogens with one attached hydrogen (secondary N) is 2.